The number of ether oxygens (including phenoxy) is 1. The van der Waals surface area contributed by atoms with Crippen molar-refractivity contribution in [1.82, 2.24) is 4.90 Å². The fourth-order valence-corrected chi connectivity index (χ4v) is 2.38. The lowest BCUT2D eigenvalue weighted by Crippen LogP contribution is -2.34. The van der Waals surface area contributed by atoms with Crippen LogP contribution in [0.25, 0.3) is 0 Å². The predicted molar refractivity (Wildman–Crippen MR) is 77.6 cm³/mol. The Morgan fingerprint density at radius 2 is 2.15 bits per heavy atom. The van der Waals surface area contributed by atoms with E-state index in [1.54, 1.807) is 31.3 Å². The Hall–Kier alpha value is -2.04. The molecule has 0 amide bonds. The second-order valence-electron chi connectivity index (χ2n) is 4.97. The van der Waals surface area contributed by atoms with Crippen LogP contribution in [0.15, 0.2) is 29.3 Å². The summed E-state index contributed by atoms with van der Waals surface area (Å²) < 4.78 is 5.70. The molecule has 1 aliphatic rings. The van der Waals surface area contributed by atoms with Gasteiger partial charge in [0.25, 0.3) is 0 Å². The van der Waals surface area contributed by atoms with Crippen LogP contribution in [0.4, 0.5) is 0 Å². The van der Waals surface area contributed by atoms with E-state index in [9.17, 15) is 4.79 Å². The third-order valence-electron chi connectivity index (χ3n) is 3.52. The average molecular weight is 276 g/mol. The van der Waals surface area contributed by atoms with Crippen molar-refractivity contribution in [3.8, 4) is 5.75 Å². The number of carboxylic acid groups (broad SMARTS) is 1. The van der Waals surface area contributed by atoms with Crippen molar-refractivity contribution < 1.29 is 14.6 Å². The fourth-order valence-electron chi connectivity index (χ4n) is 2.38. The minimum atomic E-state index is -0.949. The van der Waals surface area contributed by atoms with E-state index in [4.69, 9.17) is 9.84 Å². The number of hydrogen-bond donors (Lipinski definition) is 1. The van der Waals surface area contributed by atoms with E-state index in [0.29, 0.717) is 18.3 Å². The Morgan fingerprint density at radius 1 is 1.45 bits per heavy atom. The van der Waals surface area contributed by atoms with Gasteiger partial charge in [0.1, 0.15) is 11.3 Å². The first-order valence-corrected chi connectivity index (χ1v) is 6.82. The van der Waals surface area contributed by atoms with Crippen molar-refractivity contribution in [1.29, 1.82) is 0 Å². The molecule has 5 heteroatoms. The molecule has 0 saturated carbocycles. The number of nitrogens with zero attached hydrogens (tertiary/aromatic N) is 2. The van der Waals surface area contributed by atoms with Crippen LogP contribution in [-0.2, 0) is 0 Å². The zero-order valence-electron chi connectivity index (χ0n) is 11.7. The number of piperidine rings is 1. The quantitative estimate of drug-likeness (QED) is 0.661. The summed E-state index contributed by atoms with van der Waals surface area (Å²) in [5, 5.41) is 9.10. The number of para-hydroxylation sites is 1. The van der Waals surface area contributed by atoms with Crippen molar-refractivity contribution in [3.05, 3.63) is 29.8 Å². The van der Waals surface area contributed by atoms with Gasteiger partial charge in [-0.15, -0.1) is 0 Å². The largest absolute Gasteiger partial charge is 0.492 e. The minimum Gasteiger partial charge on any atom is -0.492 e. The number of aromatic carboxylic acids is 1. The highest BCUT2D eigenvalue weighted by molar-refractivity contribution is 5.90. The molecule has 1 saturated heterocycles. The molecule has 0 aromatic heterocycles. The maximum absolute atomic E-state index is 11.1. The lowest BCUT2D eigenvalue weighted by atomic mass is 9.98. The van der Waals surface area contributed by atoms with Crippen LogP contribution in [0.2, 0.25) is 0 Å². The van der Waals surface area contributed by atoms with Crippen molar-refractivity contribution in [3.63, 3.8) is 0 Å². The van der Waals surface area contributed by atoms with E-state index < -0.39 is 5.97 Å². The number of benzene rings is 1. The van der Waals surface area contributed by atoms with E-state index in [-0.39, 0.29) is 5.56 Å². The van der Waals surface area contributed by atoms with Gasteiger partial charge < -0.3 is 14.7 Å². The molecule has 1 aromatic rings. The molecule has 1 aromatic carbocycles. The summed E-state index contributed by atoms with van der Waals surface area (Å²) in [4.78, 5) is 17.3. The Morgan fingerprint density at radius 3 is 2.80 bits per heavy atom. The van der Waals surface area contributed by atoms with Gasteiger partial charge in [0, 0.05) is 20.1 Å². The summed E-state index contributed by atoms with van der Waals surface area (Å²) in [6.07, 6.45) is 3.96. The van der Waals surface area contributed by atoms with Gasteiger partial charge in [0.2, 0.25) is 0 Å². The maximum atomic E-state index is 11.1. The molecule has 2 rings (SSSR count). The predicted octanol–water partition coefficient (Wildman–Crippen LogP) is 2.13. The Labute approximate surface area is 118 Å². The highest BCUT2D eigenvalue weighted by Gasteiger charge is 2.19. The Kier molecular flexibility index (Phi) is 4.98. The summed E-state index contributed by atoms with van der Waals surface area (Å²) in [7, 11) is 1.78. The Bertz CT molecular complexity index is 480. The van der Waals surface area contributed by atoms with Crippen LogP contribution in [0.3, 0.4) is 0 Å². The summed E-state index contributed by atoms with van der Waals surface area (Å²) >= 11 is 0. The molecule has 1 aliphatic heterocycles. The standard InChI is InChI=1S/C15H20N2O3/c1-16-11-17-8-6-12(7-9-17)10-20-14-5-3-2-4-13(14)15(18)19/h2-5,11-12H,6-10H2,1H3,(H,18,19). The molecule has 1 fully saturated rings. The first kappa shape index (κ1) is 14.4. The summed E-state index contributed by atoms with van der Waals surface area (Å²) in [6.45, 7) is 2.53. The van der Waals surface area contributed by atoms with E-state index in [1.165, 1.54) is 0 Å². The van der Waals surface area contributed by atoms with Gasteiger partial charge in [-0.1, -0.05) is 12.1 Å². The van der Waals surface area contributed by atoms with Gasteiger partial charge in [0.05, 0.1) is 12.9 Å². The molecule has 1 heterocycles. The molecule has 0 unspecified atom stereocenters. The second-order valence-corrected chi connectivity index (χ2v) is 4.97. The zero-order valence-corrected chi connectivity index (χ0v) is 11.7. The van der Waals surface area contributed by atoms with Gasteiger partial charge in [-0.3, -0.25) is 4.99 Å². The van der Waals surface area contributed by atoms with Crippen LogP contribution in [0.1, 0.15) is 23.2 Å². The first-order valence-electron chi connectivity index (χ1n) is 6.82. The molecule has 5 nitrogen and oxygen atoms in total. The van der Waals surface area contributed by atoms with E-state index in [1.807, 2.05) is 6.34 Å². The molecule has 0 spiro atoms. The Balaban J connectivity index is 1.86. The lowest BCUT2D eigenvalue weighted by Gasteiger charge is -2.30. The van der Waals surface area contributed by atoms with E-state index in [2.05, 4.69) is 9.89 Å². The number of likely N-dealkylation sites (tertiary alicyclic amines) is 1. The summed E-state index contributed by atoms with van der Waals surface area (Å²) in [6, 6.07) is 6.78. The normalized spacial score (nSPS) is 16.6. The topological polar surface area (TPSA) is 62.1 Å². The lowest BCUT2D eigenvalue weighted by molar-refractivity contribution is 0.0690. The van der Waals surface area contributed by atoms with Gasteiger partial charge >= 0.3 is 5.97 Å². The van der Waals surface area contributed by atoms with E-state index >= 15 is 0 Å². The molecule has 0 aliphatic carbocycles. The molecule has 0 bridgehead atoms. The molecule has 0 radical (unpaired) electrons. The third kappa shape index (κ3) is 3.73. The van der Waals surface area contributed by atoms with Gasteiger partial charge in [-0.2, -0.15) is 0 Å². The molecule has 0 atom stereocenters. The van der Waals surface area contributed by atoms with Gasteiger partial charge in [0.15, 0.2) is 0 Å². The van der Waals surface area contributed by atoms with Gasteiger partial charge in [-0.25, -0.2) is 4.79 Å². The average Bonchev–Trinajstić information content (AvgIpc) is 2.47. The second kappa shape index (κ2) is 6.93. The summed E-state index contributed by atoms with van der Waals surface area (Å²) in [5.41, 5.74) is 0.225. The van der Waals surface area contributed by atoms with Crippen molar-refractivity contribution >= 4 is 12.3 Å². The van der Waals surface area contributed by atoms with Crippen LogP contribution in [0.5, 0.6) is 5.75 Å². The molecular formula is C15H20N2O3. The number of carboxylic acids is 1. The maximum Gasteiger partial charge on any atom is 0.339 e. The molecule has 20 heavy (non-hydrogen) atoms. The SMILES string of the molecule is CN=CN1CCC(COc2ccccc2C(=O)O)CC1. The van der Waals surface area contributed by atoms with Crippen LogP contribution in [0, 0.1) is 5.92 Å². The zero-order chi connectivity index (χ0) is 14.4. The van der Waals surface area contributed by atoms with Crippen LogP contribution < -0.4 is 4.74 Å². The third-order valence-corrected chi connectivity index (χ3v) is 3.52. The molecule has 1 N–H and O–H groups in total. The minimum absolute atomic E-state index is 0.225. The van der Waals surface area contributed by atoms with Crippen molar-refractivity contribution in [2.45, 2.75) is 12.8 Å². The first-order chi connectivity index (χ1) is 9.70. The monoisotopic (exact) mass is 276 g/mol. The smallest absolute Gasteiger partial charge is 0.339 e. The number of hydrogen-bond acceptors (Lipinski definition) is 3. The number of carbonyl (C=O) groups is 1. The summed E-state index contributed by atoms with van der Waals surface area (Å²) in [5.74, 6) is -0.0227. The van der Waals surface area contributed by atoms with Crippen molar-refractivity contribution in [2.24, 2.45) is 10.9 Å². The highest BCUT2D eigenvalue weighted by atomic mass is 16.5. The fraction of sp³-hybridized carbons (Fsp3) is 0.467. The van der Waals surface area contributed by atoms with Crippen molar-refractivity contribution in [2.75, 3.05) is 26.7 Å². The van der Waals surface area contributed by atoms with E-state index in [0.717, 1.165) is 25.9 Å². The highest BCUT2D eigenvalue weighted by Crippen LogP contribution is 2.21. The number of aliphatic imine (C=N–C) groups is 1. The number of rotatable bonds is 5. The molecule has 108 valence electrons. The van der Waals surface area contributed by atoms with Gasteiger partial charge in [-0.05, 0) is 30.9 Å². The van der Waals surface area contributed by atoms with Crippen LogP contribution in [-0.4, -0.2) is 49.1 Å². The molecular weight excluding hydrogens is 256 g/mol. The van der Waals surface area contributed by atoms with Crippen LogP contribution >= 0.6 is 0 Å².